The van der Waals surface area contributed by atoms with Crippen LogP contribution in [-0.2, 0) is 12.0 Å². The molecular formula is C14H18N2. The topological polar surface area (TPSA) is 27.8 Å². The van der Waals surface area contributed by atoms with Gasteiger partial charge in [0.15, 0.2) is 0 Å². The molecule has 2 heteroatoms. The van der Waals surface area contributed by atoms with Gasteiger partial charge in [0, 0.05) is 35.1 Å². The summed E-state index contributed by atoms with van der Waals surface area (Å²) in [5.74, 6) is 0. The van der Waals surface area contributed by atoms with Gasteiger partial charge in [0.1, 0.15) is 0 Å². The Hall–Kier alpha value is -1.28. The van der Waals surface area contributed by atoms with Gasteiger partial charge in [-0.2, -0.15) is 0 Å². The first-order chi connectivity index (χ1) is 7.58. The van der Waals surface area contributed by atoms with Crippen molar-refractivity contribution in [3.63, 3.8) is 0 Å². The molecule has 1 aromatic carbocycles. The number of hydrogen-bond donors (Lipinski definition) is 2. The van der Waals surface area contributed by atoms with E-state index in [0.29, 0.717) is 0 Å². The van der Waals surface area contributed by atoms with Crippen molar-refractivity contribution in [3.05, 3.63) is 35.0 Å². The Balaban J connectivity index is 2.32. The van der Waals surface area contributed by atoms with E-state index < -0.39 is 0 Å². The Bertz CT molecular complexity index is 549. The monoisotopic (exact) mass is 214 g/mol. The number of nitrogens with one attached hydrogen (secondary N) is 2. The van der Waals surface area contributed by atoms with Crippen LogP contribution in [0.1, 0.15) is 30.7 Å². The number of H-pyrrole nitrogens is 1. The predicted molar refractivity (Wildman–Crippen MR) is 67.8 cm³/mol. The number of aromatic amines is 1. The van der Waals surface area contributed by atoms with Crippen LogP contribution in [0, 0.1) is 6.92 Å². The second-order valence-electron chi connectivity index (χ2n) is 5.52. The molecule has 0 unspecified atom stereocenters. The lowest BCUT2D eigenvalue weighted by atomic mass is 9.84. The molecule has 3 rings (SSSR count). The van der Waals surface area contributed by atoms with Crippen molar-refractivity contribution in [2.24, 2.45) is 0 Å². The van der Waals surface area contributed by atoms with E-state index in [1.54, 1.807) is 0 Å². The molecule has 2 aromatic rings. The molecular weight excluding hydrogens is 196 g/mol. The zero-order valence-corrected chi connectivity index (χ0v) is 10.1. The first kappa shape index (κ1) is 9.91. The molecule has 2 nitrogen and oxygen atoms in total. The van der Waals surface area contributed by atoms with Gasteiger partial charge in [0.25, 0.3) is 0 Å². The van der Waals surface area contributed by atoms with Gasteiger partial charge in [-0.3, -0.25) is 0 Å². The summed E-state index contributed by atoms with van der Waals surface area (Å²) >= 11 is 0. The molecule has 0 amide bonds. The normalized spacial score (nSPS) is 18.7. The maximum Gasteiger partial charge on any atom is 0.0462 e. The number of aromatic nitrogens is 1. The molecule has 1 aliphatic heterocycles. The van der Waals surface area contributed by atoms with Gasteiger partial charge in [-0.05, 0) is 24.1 Å². The van der Waals surface area contributed by atoms with Crippen molar-refractivity contribution in [1.82, 2.24) is 10.3 Å². The molecule has 0 radical (unpaired) electrons. The van der Waals surface area contributed by atoms with E-state index in [1.165, 1.54) is 27.7 Å². The summed E-state index contributed by atoms with van der Waals surface area (Å²) in [7, 11) is 0. The van der Waals surface area contributed by atoms with Crippen LogP contribution in [0.15, 0.2) is 18.2 Å². The molecule has 0 fully saturated rings. The molecule has 0 saturated heterocycles. The van der Waals surface area contributed by atoms with Crippen LogP contribution in [0.25, 0.3) is 10.9 Å². The van der Waals surface area contributed by atoms with Gasteiger partial charge < -0.3 is 10.3 Å². The van der Waals surface area contributed by atoms with Crippen molar-refractivity contribution in [2.75, 3.05) is 6.54 Å². The third-order valence-electron chi connectivity index (χ3n) is 3.61. The SMILES string of the molecule is Cc1ccc2c3c([nH]c2c1)C(C)(C)CNC3. The van der Waals surface area contributed by atoms with Gasteiger partial charge in [-0.1, -0.05) is 26.0 Å². The van der Waals surface area contributed by atoms with Crippen LogP contribution in [0.2, 0.25) is 0 Å². The number of aryl methyl sites for hydroxylation is 1. The molecule has 1 aromatic heterocycles. The van der Waals surface area contributed by atoms with Crippen molar-refractivity contribution in [3.8, 4) is 0 Å². The van der Waals surface area contributed by atoms with Crippen LogP contribution < -0.4 is 5.32 Å². The van der Waals surface area contributed by atoms with Crippen LogP contribution >= 0.6 is 0 Å². The lowest BCUT2D eigenvalue weighted by Gasteiger charge is -2.30. The summed E-state index contributed by atoms with van der Waals surface area (Å²) in [6.45, 7) is 8.76. The Kier molecular flexibility index (Phi) is 1.93. The Labute approximate surface area is 96.1 Å². The van der Waals surface area contributed by atoms with E-state index in [-0.39, 0.29) is 5.41 Å². The quantitative estimate of drug-likeness (QED) is 0.693. The summed E-state index contributed by atoms with van der Waals surface area (Å²) in [6, 6.07) is 6.67. The molecule has 0 atom stereocenters. The fourth-order valence-corrected chi connectivity index (χ4v) is 2.72. The van der Waals surface area contributed by atoms with Gasteiger partial charge in [0.2, 0.25) is 0 Å². The van der Waals surface area contributed by atoms with Crippen LogP contribution in [0.5, 0.6) is 0 Å². The van der Waals surface area contributed by atoms with Crippen molar-refractivity contribution in [1.29, 1.82) is 0 Å². The Morgan fingerprint density at radius 1 is 1.25 bits per heavy atom. The highest BCUT2D eigenvalue weighted by Gasteiger charge is 2.30. The first-order valence-electron chi connectivity index (χ1n) is 5.90. The van der Waals surface area contributed by atoms with Crippen molar-refractivity contribution >= 4 is 10.9 Å². The maximum atomic E-state index is 3.61. The molecule has 84 valence electrons. The highest BCUT2D eigenvalue weighted by Crippen LogP contribution is 2.34. The van der Waals surface area contributed by atoms with E-state index in [0.717, 1.165) is 13.1 Å². The summed E-state index contributed by atoms with van der Waals surface area (Å²) < 4.78 is 0. The molecule has 16 heavy (non-hydrogen) atoms. The fraction of sp³-hybridized carbons (Fsp3) is 0.429. The van der Waals surface area contributed by atoms with Crippen LogP contribution in [0.4, 0.5) is 0 Å². The second-order valence-corrected chi connectivity index (χ2v) is 5.52. The number of benzene rings is 1. The number of hydrogen-bond acceptors (Lipinski definition) is 1. The van der Waals surface area contributed by atoms with Gasteiger partial charge in [0.05, 0.1) is 0 Å². The standard InChI is InChI=1S/C14H18N2/c1-9-4-5-10-11-7-15-8-14(2,3)13(11)16-12(10)6-9/h4-6,15-16H,7-8H2,1-3H3. The largest absolute Gasteiger partial charge is 0.358 e. The van der Waals surface area contributed by atoms with Crippen molar-refractivity contribution < 1.29 is 0 Å². The summed E-state index contributed by atoms with van der Waals surface area (Å²) in [4.78, 5) is 3.61. The zero-order valence-electron chi connectivity index (χ0n) is 10.1. The minimum absolute atomic E-state index is 0.209. The van der Waals surface area contributed by atoms with Crippen LogP contribution in [-0.4, -0.2) is 11.5 Å². The zero-order chi connectivity index (χ0) is 11.3. The van der Waals surface area contributed by atoms with E-state index >= 15 is 0 Å². The lowest BCUT2D eigenvalue weighted by Crippen LogP contribution is -2.38. The minimum atomic E-state index is 0.209. The summed E-state index contributed by atoms with van der Waals surface area (Å²) in [6.07, 6.45) is 0. The molecule has 2 N–H and O–H groups in total. The molecule has 0 spiro atoms. The fourth-order valence-electron chi connectivity index (χ4n) is 2.72. The number of fused-ring (bicyclic) bond motifs is 3. The third kappa shape index (κ3) is 1.30. The maximum absolute atomic E-state index is 3.61. The third-order valence-corrected chi connectivity index (χ3v) is 3.61. The molecule has 0 aliphatic carbocycles. The Morgan fingerprint density at radius 2 is 2.06 bits per heavy atom. The smallest absolute Gasteiger partial charge is 0.0462 e. The average Bonchev–Trinajstić information content (AvgIpc) is 2.57. The van der Waals surface area contributed by atoms with Crippen LogP contribution in [0.3, 0.4) is 0 Å². The molecule has 0 saturated carbocycles. The van der Waals surface area contributed by atoms with Gasteiger partial charge in [-0.15, -0.1) is 0 Å². The second kappa shape index (κ2) is 3.11. The summed E-state index contributed by atoms with van der Waals surface area (Å²) in [5, 5.41) is 4.88. The highest BCUT2D eigenvalue weighted by molar-refractivity contribution is 5.86. The first-order valence-corrected chi connectivity index (χ1v) is 5.90. The average molecular weight is 214 g/mol. The van der Waals surface area contributed by atoms with E-state index in [4.69, 9.17) is 0 Å². The van der Waals surface area contributed by atoms with E-state index in [1.807, 2.05) is 0 Å². The van der Waals surface area contributed by atoms with E-state index in [9.17, 15) is 0 Å². The highest BCUT2D eigenvalue weighted by atomic mass is 14.9. The predicted octanol–water partition coefficient (Wildman–Crippen LogP) is 2.86. The minimum Gasteiger partial charge on any atom is -0.358 e. The molecule has 1 aliphatic rings. The van der Waals surface area contributed by atoms with Gasteiger partial charge in [-0.25, -0.2) is 0 Å². The number of rotatable bonds is 0. The lowest BCUT2D eigenvalue weighted by molar-refractivity contribution is 0.427. The van der Waals surface area contributed by atoms with Gasteiger partial charge >= 0.3 is 0 Å². The molecule has 2 heterocycles. The van der Waals surface area contributed by atoms with Crippen molar-refractivity contribution in [2.45, 2.75) is 32.7 Å². The van der Waals surface area contributed by atoms with E-state index in [2.05, 4.69) is 49.3 Å². The Morgan fingerprint density at radius 3 is 2.88 bits per heavy atom. The molecule has 0 bridgehead atoms. The summed E-state index contributed by atoms with van der Waals surface area (Å²) in [5.41, 5.74) is 5.66.